The van der Waals surface area contributed by atoms with Crippen LogP contribution in [0.1, 0.15) is 43.0 Å². The topological polar surface area (TPSA) is 85.3 Å². The van der Waals surface area contributed by atoms with E-state index in [2.05, 4.69) is 0 Å². The first-order valence-electron chi connectivity index (χ1n) is 12.4. The van der Waals surface area contributed by atoms with Gasteiger partial charge in [-0.2, -0.15) is 0 Å². The van der Waals surface area contributed by atoms with Gasteiger partial charge in [0.05, 0.1) is 31.9 Å². The van der Waals surface area contributed by atoms with Crippen molar-refractivity contribution in [2.24, 2.45) is 0 Å². The normalized spacial score (nSPS) is 16.5. The molecule has 4 rings (SSSR count). The maximum atomic E-state index is 13.5. The number of carbonyl (C=O) groups is 2. The number of ether oxygens (including phenoxy) is 3. The van der Waals surface area contributed by atoms with Crippen molar-refractivity contribution in [3.8, 4) is 17.2 Å². The summed E-state index contributed by atoms with van der Waals surface area (Å²) in [7, 11) is 1.52. The molecule has 1 atom stereocenters. The van der Waals surface area contributed by atoms with Gasteiger partial charge in [0.15, 0.2) is 11.5 Å². The minimum Gasteiger partial charge on any atom is -0.507 e. The second-order valence-corrected chi connectivity index (χ2v) is 8.77. The Kier molecular flexibility index (Phi) is 8.31. The van der Waals surface area contributed by atoms with Gasteiger partial charge in [0, 0.05) is 12.1 Å². The fourth-order valence-corrected chi connectivity index (χ4v) is 4.39. The lowest BCUT2D eigenvalue weighted by molar-refractivity contribution is -0.140. The van der Waals surface area contributed by atoms with Crippen LogP contribution >= 0.6 is 0 Å². The lowest BCUT2D eigenvalue weighted by Crippen LogP contribution is -2.29. The summed E-state index contributed by atoms with van der Waals surface area (Å²) in [6.45, 7) is 4.80. The molecule has 0 aromatic heterocycles. The van der Waals surface area contributed by atoms with Crippen molar-refractivity contribution >= 4 is 17.4 Å². The molecule has 198 valence electrons. The Morgan fingerprint density at radius 3 is 2.29 bits per heavy atom. The monoisotopic (exact) mass is 519 g/mol. The Morgan fingerprint density at radius 1 is 0.947 bits per heavy atom. The first-order chi connectivity index (χ1) is 18.4. The number of halogens is 1. The van der Waals surface area contributed by atoms with E-state index in [1.807, 2.05) is 13.8 Å². The van der Waals surface area contributed by atoms with Gasteiger partial charge >= 0.3 is 0 Å². The molecule has 38 heavy (non-hydrogen) atoms. The minimum atomic E-state index is -0.916. The minimum absolute atomic E-state index is 0.0338. The van der Waals surface area contributed by atoms with Crippen LogP contribution in [0, 0.1) is 5.82 Å². The second-order valence-electron chi connectivity index (χ2n) is 8.77. The van der Waals surface area contributed by atoms with Crippen LogP contribution in [-0.2, 0) is 16.1 Å². The van der Waals surface area contributed by atoms with E-state index in [1.54, 1.807) is 54.6 Å². The molecule has 3 aromatic rings. The molecule has 1 aliphatic rings. The molecule has 1 amide bonds. The zero-order valence-electron chi connectivity index (χ0n) is 21.6. The Hall–Kier alpha value is -4.33. The van der Waals surface area contributed by atoms with Crippen LogP contribution in [-0.4, -0.2) is 42.0 Å². The SMILES string of the molecule is CCCOc1ccc(/C(O)=C2/C(=O)C(=O)N(Cc3ccc(F)cc3)C2c2ccc(OC)c(OCC)c2)cc1. The van der Waals surface area contributed by atoms with Gasteiger partial charge in [0.1, 0.15) is 17.3 Å². The standard InChI is InChI=1S/C30H30FNO6/c1-4-16-38-23-13-8-20(9-14-23)28(33)26-27(21-10-15-24(36-3)25(17-21)37-5-2)32(30(35)29(26)34)18-19-6-11-22(31)12-7-19/h6-15,17,27,33H,4-5,16,18H2,1-3H3/b28-26-. The van der Waals surface area contributed by atoms with Crippen LogP contribution in [0.25, 0.3) is 5.76 Å². The lowest BCUT2D eigenvalue weighted by atomic mass is 9.94. The van der Waals surface area contributed by atoms with Crippen molar-refractivity contribution in [1.29, 1.82) is 0 Å². The van der Waals surface area contributed by atoms with Crippen LogP contribution in [0.15, 0.2) is 72.3 Å². The third kappa shape index (κ3) is 5.49. The molecule has 0 radical (unpaired) electrons. The highest BCUT2D eigenvalue weighted by Gasteiger charge is 2.46. The van der Waals surface area contributed by atoms with Crippen LogP contribution < -0.4 is 14.2 Å². The zero-order valence-corrected chi connectivity index (χ0v) is 21.6. The Bertz CT molecular complexity index is 1330. The van der Waals surface area contributed by atoms with E-state index in [0.717, 1.165) is 6.42 Å². The second kappa shape index (κ2) is 11.8. The molecular formula is C30H30FNO6. The summed E-state index contributed by atoms with van der Waals surface area (Å²) in [6, 6.07) is 16.6. The summed E-state index contributed by atoms with van der Waals surface area (Å²) in [5.41, 5.74) is 1.51. The molecule has 7 nitrogen and oxygen atoms in total. The van der Waals surface area contributed by atoms with Crippen molar-refractivity contribution < 1.29 is 33.3 Å². The molecular weight excluding hydrogens is 489 g/mol. The Morgan fingerprint density at radius 2 is 1.66 bits per heavy atom. The number of ketones is 1. The van der Waals surface area contributed by atoms with E-state index in [9.17, 15) is 19.1 Å². The molecule has 0 bridgehead atoms. The van der Waals surface area contributed by atoms with E-state index >= 15 is 0 Å². The third-order valence-corrected chi connectivity index (χ3v) is 6.21. The molecule has 0 aliphatic carbocycles. The van der Waals surface area contributed by atoms with Crippen LogP contribution in [0.5, 0.6) is 17.2 Å². The largest absolute Gasteiger partial charge is 0.507 e. The van der Waals surface area contributed by atoms with Gasteiger partial charge in [-0.05, 0) is 73.0 Å². The predicted molar refractivity (Wildman–Crippen MR) is 141 cm³/mol. The van der Waals surface area contributed by atoms with E-state index < -0.39 is 23.5 Å². The number of hydrogen-bond acceptors (Lipinski definition) is 6. The maximum Gasteiger partial charge on any atom is 0.295 e. The molecule has 3 aromatic carbocycles. The van der Waals surface area contributed by atoms with Crippen molar-refractivity contribution in [1.82, 2.24) is 4.90 Å². The van der Waals surface area contributed by atoms with Crippen LogP contribution in [0.2, 0.25) is 0 Å². The summed E-state index contributed by atoms with van der Waals surface area (Å²) in [6.07, 6.45) is 0.852. The molecule has 8 heteroatoms. The van der Waals surface area contributed by atoms with Gasteiger partial charge in [0.2, 0.25) is 0 Å². The Balaban J connectivity index is 1.83. The predicted octanol–water partition coefficient (Wildman–Crippen LogP) is 5.64. The molecule has 1 unspecified atom stereocenters. The lowest BCUT2D eigenvalue weighted by Gasteiger charge is -2.26. The third-order valence-electron chi connectivity index (χ3n) is 6.21. The average molecular weight is 520 g/mol. The number of methoxy groups -OCH3 is 1. The number of likely N-dealkylation sites (tertiary alicyclic amines) is 1. The number of benzene rings is 3. The fourth-order valence-electron chi connectivity index (χ4n) is 4.39. The number of rotatable bonds is 10. The van der Waals surface area contributed by atoms with E-state index in [4.69, 9.17) is 14.2 Å². The summed E-state index contributed by atoms with van der Waals surface area (Å²) >= 11 is 0. The highest BCUT2D eigenvalue weighted by Crippen LogP contribution is 2.42. The number of nitrogens with zero attached hydrogens (tertiary/aromatic N) is 1. The van der Waals surface area contributed by atoms with Gasteiger partial charge in [-0.1, -0.05) is 25.1 Å². The molecule has 0 spiro atoms. The first-order valence-corrected chi connectivity index (χ1v) is 12.4. The van der Waals surface area contributed by atoms with E-state index in [1.165, 1.54) is 24.1 Å². The van der Waals surface area contributed by atoms with Gasteiger partial charge in [0.25, 0.3) is 11.7 Å². The van der Waals surface area contributed by atoms with E-state index in [-0.39, 0.29) is 17.9 Å². The maximum absolute atomic E-state index is 13.5. The fraction of sp³-hybridized carbons (Fsp3) is 0.267. The van der Waals surface area contributed by atoms with Gasteiger partial charge in [-0.15, -0.1) is 0 Å². The average Bonchev–Trinajstić information content (AvgIpc) is 3.18. The highest BCUT2D eigenvalue weighted by molar-refractivity contribution is 6.46. The van der Waals surface area contributed by atoms with Gasteiger partial charge in [-0.3, -0.25) is 9.59 Å². The zero-order chi connectivity index (χ0) is 27.2. The quantitative estimate of drug-likeness (QED) is 0.212. The smallest absolute Gasteiger partial charge is 0.295 e. The van der Waals surface area contributed by atoms with Crippen molar-refractivity contribution in [2.75, 3.05) is 20.3 Å². The number of Topliss-reactive ketones (excluding diaryl/α,β-unsaturated/α-hetero) is 1. The number of amides is 1. The van der Waals surface area contributed by atoms with Gasteiger partial charge < -0.3 is 24.2 Å². The summed E-state index contributed by atoms with van der Waals surface area (Å²) in [5, 5.41) is 11.3. The molecule has 1 saturated heterocycles. The molecule has 0 saturated carbocycles. The molecule has 1 fully saturated rings. The van der Waals surface area contributed by atoms with Crippen LogP contribution in [0.3, 0.4) is 0 Å². The number of hydrogen-bond donors (Lipinski definition) is 1. The Labute approximate surface area is 221 Å². The molecule has 1 heterocycles. The van der Waals surface area contributed by atoms with Crippen molar-refractivity contribution in [3.63, 3.8) is 0 Å². The van der Waals surface area contributed by atoms with E-state index in [0.29, 0.717) is 47.2 Å². The van der Waals surface area contributed by atoms with Crippen molar-refractivity contribution in [2.45, 2.75) is 32.9 Å². The summed E-state index contributed by atoms with van der Waals surface area (Å²) < 4.78 is 30.2. The number of aliphatic hydroxyl groups is 1. The highest BCUT2D eigenvalue weighted by atomic mass is 19.1. The summed E-state index contributed by atoms with van der Waals surface area (Å²) in [4.78, 5) is 28.0. The number of aliphatic hydroxyl groups excluding tert-OH is 1. The molecule has 1 aliphatic heterocycles. The molecule has 1 N–H and O–H groups in total. The van der Waals surface area contributed by atoms with Crippen LogP contribution in [0.4, 0.5) is 4.39 Å². The van der Waals surface area contributed by atoms with Gasteiger partial charge in [-0.25, -0.2) is 4.39 Å². The van der Waals surface area contributed by atoms with Crippen molar-refractivity contribution in [3.05, 3.63) is 94.8 Å². The first kappa shape index (κ1) is 26.7. The summed E-state index contributed by atoms with van der Waals surface area (Å²) in [5.74, 6) is -0.715. The number of carbonyl (C=O) groups excluding carboxylic acids is 2.